The van der Waals surface area contributed by atoms with Crippen molar-refractivity contribution in [2.75, 3.05) is 5.75 Å². The zero-order valence-corrected chi connectivity index (χ0v) is 14.2. The van der Waals surface area contributed by atoms with E-state index in [1.54, 1.807) is 34.1 Å². The van der Waals surface area contributed by atoms with Crippen LogP contribution in [-0.2, 0) is 4.79 Å². The molecule has 1 unspecified atom stereocenters. The second-order valence-corrected chi connectivity index (χ2v) is 7.16. The molecule has 7 heteroatoms. The first kappa shape index (κ1) is 15.8. The van der Waals surface area contributed by atoms with Crippen molar-refractivity contribution in [3.8, 4) is 5.69 Å². The van der Waals surface area contributed by atoms with Gasteiger partial charge >= 0.3 is 0 Å². The molecule has 1 N–H and O–H groups in total. The van der Waals surface area contributed by atoms with Gasteiger partial charge in [0.1, 0.15) is 12.7 Å². The van der Waals surface area contributed by atoms with E-state index in [0.29, 0.717) is 5.75 Å². The highest BCUT2D eigenvalue weighted by atomic mass is 32.2. The van der Waals surface area contributed by atoms with Crippen LogP contribution in [0.15, 0.2) is 58.6 Å². The van der Waals surface area contributed by atoms with Gasteiger partial charge in [0.2, 0.25) is 5.91 Å². The van der Waals surface area contributed by atoms with Crippen molar-refractivity contribution < 1.29 is 4.79 Å². The average Bonchev–Trinajstić information content (AvgIpc) is 3.26. The molecule has 1 atom stereocenters. The number of amides is 1. The third kappa shape index (κ3) is 4.20. The molecule has 2 heterocycles. The Morgan fingerprint density at radius 3 is 2.83 bits per heavy atom. The van der Waals surface area contributed by atoms with Gasteiger partial charge in [-0.05, 0) is 36.1 Å². The first-order valence-electron chi connectivity index (χ1n) is 7.13. The molecule has 3 rings (SSSR count). The van der Waals surface area contributed by atoms with E-state index in [-0.39, 0.29) is 11.9 Å². The molecule has 0 aliphatic heterocycles. The van der Waals surface area contributed by atoms with Crippen LogP contribution >= 0.6 is 23.1 Å². The highest BCUT2D eigenvalue weighted by Gasteiger charge is 2.10. The predicted molar refractivity (Wildman–Crippen MR) is 93.0 cm³/mol. The highest BCUT2D eigenvalue weighted by Crippen LogP contribution is 2.23. The molecule has 0 spiro atoms. The second kappa shape index (κ2) is 7.43. The van der Waals surface area contributed by atoms with Crippen LogP contribution in [0.4, 0.5) is 0 Å². The molecule has 0 saturated carbocycles. The number of aromatic nitrogens is 3. The van der Waals surface area contributed by atoms with E-state index < -0.39 is 0 Å². The molecule has 0 radical (unpaired) electrons. The number of thioether (sulfide) groups is 1. The van der Waals surface area contributed by atoms with Crippen LogP contribution in [0.3, 0.4) is 0 Å². The summed E-state index contributed by atoms with van der Waals surface area (Å²) in [7, 11) is 0. The highest BCUT2D eigenvalue weighted by molar-refractivity contribution is 8.01. The van der Waals surface area contributed by atoms with Gasteiger partial charge in [0.15, 0.2) is 0 Å². The Bertz CT molecular complexity index is 739. The summed E-state index contributed by atoms with van der Waals surface area (Å²) in [5.74, 6) is 0.471. The number of nitrogens with zero attached hydrogens (tertiary/aromatic N) is 3. The van der Waals surface area contributed by atoms with Gasteiger partial charge in [0, 0.05) is 0 Å². The van der Waals surface area contributed by atoms with Crippen LogP contribution in [0.25, 0.3) is 5.69 Å². The van der Waals surface area contributed by atoms with Crippen LogP contribution in [0, 0.1) is 0 Å². The summed E-state index contributed by atoms with van der Waals surface area (Å²) < 4.78 is 2.86. The number of hydrogen-bond acceptors (Lipinski definition) is 5. The third-order valence-electron chi connectivity index (χ3n) is 3.29. The van der Waals surface area contributed by atoms with E-state index in [2.05, 4.69) is 15.4 Å². The molecule has 5 nitrogen and oxygen atoms in total. The Hall–Kier alpha value is -2.12. The molecule has 3 aromatic rings. The summed E-state index contributed by atoms with van der Waals surface area (Å²) in [5, 5.41) is 9.13. The van der Waals surface area contributed by atoms with Crippen molar-refractivity contribution in [1.29, 1.82) is 0 Å². The van der Waals surface area contributed by atoms with Crippen LogP contribution in [0.1, 0.15) is 18.5 Å². The minimum Gasteiger partial charge on any atom is -0.349 e. The summed E-state index contributed by atoms with van der Waals surface area (Å²) in [4.78, 5) is 16.0. The monoisotopic (exact) mass is 344 g/mol. The number of rotatable bonds is 6. The fourth-order valence-electron chi connectivity index (χ4n) is 2.11. The van der Waals surface area contributed by atoms with Crippen LogP contribution in [-0.4, -0.2) is 26.4 Å². The summed E-state index contributed by atoms with van der Waals surface area (Å²) in [5.41, 5.74) is 2.00. The summed E-state index contributed by atoms with van der Waals surface area (Å²) in [6, 6.07) is 11.9. The number of nitrogens with one attached hydrogen (secondary N) is 1. The lowest BCUT2D eigenvalue weighted by atomic mass is 10.1. The first-order chi connectivity index (χ1) is 11.2. The molecule has 1 aromatic carbocycles. The summed E-state index contributed by atoms with van der Waals surface area (Å²) >= 11 is 3.21. The Labute approximate surface area is 142 Å². The maximum Gasteiger partial charge on any atom is 0.230 e. The van der Waals surface area contributed by atoms with Crippen molar-refractivity contribution in [3.63, 3.8) is 0 Å². The van der Waals surface area contributed by atoms with Gasteiger partial charge in [-0.3, -0.25) is 4.79 Å². The van der Waals surface area contributed by atoms with E-state index in [1.807, 2.05) is 48.7 Å². The number of benzene rings is 1. The molecule has 0 aliphatic carbocycles. The molecule has 0 fully saturated rings. The summed E-state index contributed by atoms with van der Waals surface area (Å²) in [6.07, 6.45) is 3.16. The number of hydrogen-bond donors (Lipinski definition) is 1. The van der Waals surface area contributed by atoms with Crippen molar-refractivity contribution in [2.45, 2.75) is 17.2 Å². The average molecular weight is 344 g/mol. The topological polar surface area (TPSA) is 59.8 Å². The van der Waals surface area contributed by atoms with Gasteiger partial charge in [-0.15, -0.1) is 23.1 Å². The molecular weight excluding hydrogens is 328 g/mol. The lowest BCUT2D eigenvalue weighted by molar-refractivity contribution is -0.119. The van der Waals surface area contributed by atoms with Crippen LogP contribution < -0.4 is 5.32 Å². The fraction of sp³-hybridized carbons (Fsp3) is 0.188. The Kier molecular flexibility index (Phi) is 5.09. The molecule has 0 aliphatic rings. The lowest BCUT2D eigenvalue weighted by Gasteiger charge is -2.14. The zero-order valence-electron chi connectivity index (χ0n) is 12.5. The number of carbonyl (C=O) groups is 1. The van der Waals surface area contributed by atoms with Gasteiger partial charge in [0.05, 0.1) is 21.7 Å². The maximum atomic E-state index is 12.0. The quantitative estimate of drug-likeness (QED) is 0.697. The van der Waals surface area contributed by atoms with E-state index in [0.717, 1.165) is 15.5 Å². The molecule has 1 amide bonds. The molecule has 23 heavy (non-hydrogen) atoms. The van der Waals surface area contributed by atoms with Gasteiger partial charge < -0.3 is 5.32 Å². The zero-order chi connectivity index (χ0) is 16.1. The number of carbonyl (C=O) groups excluding carboxylic acids is 1. The largest absolute Gasteiger partial charge is 0.349 e. The minimum atomic E-state index is -0.0313. The Morgan fingerprint density at radius 2 is 2.17 bits per heavy atom. The Morgan fingerprint density at radius 1 is 1.35 bits per heavy atom. The standard InChI is InChI=1S/C16H16N4OS2/c1-12(19-15(21)9-23-16-3-2-8-22-16)13-4-6-14(7-5-13)20-11-17-10-18-20/h2-8,10-12H,9H2,1H3,(H,19,21). The summed E-state index contributed by atoms with van der Waals surface area (Å²) in [6.45, 7) is 1.98. The maximum absolute atomic E-state index is 12.0. The van der Waals surface area contributed by atoms with Crippen LogP contribution in [0.5, 0.6) is 0 Å². The Balaban J connectivity index is 1.55. The van der Waals surface area contributed by atoms with Crippen molar-refractivity contribution in [3.05, 3.63) is 60.0 Å². The van der Waals surface area contributed by atoms with Crippen molar-refractivity contribution in [1.82, 2.24) is 20.1 Å². The van der Waals surface area contributed by atoms with E-state index >= 15 is 0 Å². The predicted octanol–water partition coefficient (Wildman–Crippen LogP) is 3.30. The van der Waals surface area contributed by atoms with Gasteiger partial charge in [-0.2, -0.15) is 5.10 Å². The van der Waals surface area contributed by atoms with Gasteiger partial charge in [-0.1, -0.05) is 18.2 Å². The molecule has 2 aromatic heterocycles. The molecular formula is C16H16N4OS2. The van der Waals surface area contributed by atoms with E-state index in [4.69, 9.17) is 0 Å². The van der Waals surface area contributed by atoms with Crippen molar-refractivity contribution in [2.24, 2.45) is 0 Å². The van der Waals surface area contributed by atoms with Gasteiger partial charge in [-0.25, -0.2) is 9.67 Å². The first-order valence-corrected chi connectivity index (χ1v) is 8.99. The smallest absolute Gasteiger partial charge is 0.230 e. The van der Waals surface area contributed by atoms with E-state index in [9.17, 15) is 4.79 Å². The van der Waals surface area contributed by atoms with Crippen molar-refractivity contribution >= 4 is 29.0 Å². The molecule has 118 valence electrons. The minimum absolute atomic E-state index is 0.0313. The SMILES string of the molecule is CC(NC(=O)CSc1cccs1)c1ccc(-n2cncn2)cc1. The van der Waals surface area contributed by atoms with Gasteiger partial charge in [0.25, 0.3) is 0 Å². The third-order valence-corrected chi connectivity index (χ3v) is 5.43. The second-order valence-electron chi connectivity index (χ2n) is 4.94. The van der Waals surface area contributed by atoms with E-state index in [1.165, 1.54) is 6.33 Å². The normalized spacial score (nSPS) is 12.0. The van der Waals surface area contributed by atoms with Crippen LogP contribution in [0.2, 0.25) is 0 Å². The number of thiophene rings is 1. The molecule has 0 saturated heterocycles. The molecule has 0 bridgehead atoms. The lowest BCUT2D eigenvalue weighted by Crippen LogP contribution is -2.28. The fourth-order valence-corrected chi connectivity index (χ4v) is 3.70.